The Labute approximate surface area is 148 Å². The highest BCUT2D eigenvalue weighted by Gasteiger charge is 2.09. The van der Waals surface area contributed by atoms with Gasteiger partial charge in [-0.1, -0.05) is 35.1 Å². The Morgan fingerprint density at radius 3 is 2.71 bits per heavy atom. The van der Waals surface area contributed by atoms with Gasteiger partial charge in [-0.2, -0.15) is 0 Å². The Morgan fingerprint density at radius 2 is 2.00 bits per heavy atom. The van der Waals surface area contributed by atoms with Crippen molar-refractivity contribution in [2.75, 3.05) is 12.4 Å². The van der Waals surface area contributed by atoms with Crippen molar-refractivity contribution in [2.45, 2.75) is 25.8 Å². The normalized spacial score (nSPS) is 10.2. The third kappa shape index (κ3) is 6.13. The molecule has 1 aromatic carbocycles. The Balaban J connectivity index is 1.73. The summed E-state index contributed by atoms with van der Waals surface area (Å²) < 4.78 is 4.57. The van der Waals surface area contributed by atoms with Crippen LogP contribution in [-0.4, -0.2) is 29.3 Å². The Bertz CT molecular complexity index is 690. The van der Waals surface area contributed by atoms with Gasteiger partial charge >= 0.3 is 12.0 Å². The van der Waals surface area contributed by atoms with Crippen LogP contribution < -0.4 is 10.6 Å². The highest BCUT2D eigenvalue weighted by atomic mass is 35.5. The van der Waals surface area contributed by atoms with E-state index in [1.54, 1.807) is 12.1 Å². The van der Waals surface area contributed by atoms with Crippen molar-refractivity contribution in [1.29, 1.82) is 0 Å². The van der Waals surface area contributed by atoms with Crippen LogP contribution in [0, 0.1) is 0 Å². The Hall–Kier alpha value is -2.19. The smallest absolute Gasteiger partial charge is 0.321 e. The maximum Gasteiger partial charge on any atom is 0.321 e. The van der Waals surface area contributed by atoms with Gasteiger partial charge in [0, 0.05) is 24.4 Å². The number of aryl methyl sites for hydroxylation is 1. The summed E-state index contributed by atoms with van der Waals surface area (Å²) in [5.41, 5.74) is 0.940. The number of hydrogen-bond donors (Lipinski definition) is 2. The summed E-state index contributed by atoms with van der Waals surface area (Å²) in [4.78, 5) is 22.9. The van der Waals surface area contributed by atoms with E-state index in [4.69, 9.17) is 11.6 Å². The Kier molecular flexibility index (Phi) is 6.95. The summed E-state index contributed by atoms with van der Waals surface area (Å²) in [6.45, 7) is 0.383. The van der Waals surface area contributed by atoms with Gasteiger partial charge in [-0.25, -0.2) is 4.79 Å². The molecule has 1 heterocycles. The van der Waals surface area contributed by atoms with Crippen LogP contribution in [0.3, 0.4) is 0 Å². The van der Waals surface area contributed by atoms with Gasteiger partial charge in [-0.05, 0) is 24.1 Å². The van der Waals surface area contributed by atoms with Crippen molar-refractivity contribution >= 4 is 40.1 Å². The van der Waals surface area contributed by atoms with E-state index < -0.39 is 0 Å². The first-order chi connectivity index (χ1) is 11.6. The largest absolute Gasteiger partial charge is 0.469 e. The average molecular weight is 369 g/mol. The van der Waals surface area contributed by atoms with Crippen molar-refractivity contribution in [2.24, 2.45) is 0 Å². The number of amides is 2. The molecular formula is C15H17ClN4O3S. The molecule has 0 aliphatic rings. The summed E-state index contributed by atoms with van der Waals surface area (Å²) in [5, 5.41) is 15.1. The van der Waals surface area contributed by atoms with Crippen LogP contribution in [0.5, 0.6) is 0 Å². The minimum absolute atomic E-state index is 0.251. The van der Waals surface area contributed by atoms with E-state index in [2.05, 4.69) is 25.6 Å². The highest BCUT2D eigenvalue weighted by molar-refractivity contribution is 7.15. The number of carbonyl (C=O) groups excluding carboxylic acids is 2. The van der Waals surface area contributed by atoms with Gasteiger partial charge in [0.2, 0.25) is 5.13 Å². The highest BCUT2D eigenvalue weighted by Crippen LogP contribution is 2.17. The minimum Gasteiger partial charge on any atom is -0.469 e. The first-order valence-corrected chi connectivity index (χ1v) is 8.45. The molecule has 7 nitrogen and oxygen atoms in total. The zero-order valence-corrected chi connectivity index (χ0v) is 14.6. The summed E-state index contributed by atoms with van der Waals surface area (Å²) >= 11 is 7.09. The molecule has 2 N–H and O–H groups in total. The number of nitrogens with one attached hydrogen (secondary N) is 2. The van der Waals surface area contributed by atoms with E-state index in [1.165, 1.54) is 18.4 Å². The molecule has 128 valence electrons. The van der Waals surface area contributed by atoms with Crippen molar-refractivity contribution in [1.82, 2.24) is 15.5 Å². The number of urea groups is 1. The number of methoxy groups -OCH3 is 1. The number of benzene rings is 1. The van der Waals surface area contributed by atoms with E-state index in [0.717, 1.165) is 10.6 Å². The number of hydrogen-bond acceptors (Lipinski definition) is 6. The molecule has 9 heteroatoms. The number of anilines is 1. The van der Waals surface area contributed by atoms with Crippen molar-refractivity contribution in [3.63, 3.8) is 0 Å². The van der Waals surface area contributed by atoms with Crippen molar-refractivity contribution in [3.05, 3.63) is 39.9 Å². The summed E-state index contributed by atoms with van der Waals surface area (Å²) in [6.07, 6.45) is 1.57. The second-order valence-electron chi connectivity index (χ2n) is 4.86. The van der Waals surface area contributed by atoms with Gasteiger partial charge in [0.05, 0.1) is 7.11 Å². The fourth-order valence-corrected chi connectivity index (χ4v) is 2.72. The summed E-state index contributed by atoms with van der Waals surface area (Å²) in [6, 6.07) is 6.85. The Morgan fingerprint density at radius 1 is 1.25 bits per heavy atom. The number of ether oxygens (including phenoxy) is 1. The zero-order valence-electron chi connectivity index (χ0n) is 13.0. The van der Waals surface area contributed by atoms with E-state index in [-0.39, 0.29) is 12.0 Å². The van der Waals surface area contributed by atoms with Gasteiger partial charge in [0.15, 0.2) is 0 Å². The lowest BCUT2D eigenvalue weighted by atomic mass is 10.2. The maximum absolute atomic E-state index is 11.8. The van der Waals surface area contributed by atoms with Gasteiger partial charge in [0.1, 0.15) is 5.01 Å². The lowest BCUT2D eigenvalue weighted by Gasteiger charge is -2.05. The van der Waals surface area contributed by atoms with Gasteiger partial charge in [-0.3, -0.25) is 10.1 Å². The summed E-state index contributed by atoms with van der Waals surface area (Å²) in [5.74, 6) is -0.251. The van der Waals surface area contributed by atoms with Crippen LogP contribution in [-0.2, 0) is 22.5 Å². The number of carbonyl (C=O) groups is 2. The minimum atomic E-state index is -0.359. The van der Waals surface area contributed by atoms with E-state index in [9.17, 15) is 9.59 Å². The van der Waals surface area contributed by atoms with Crippen LogP contribution in [0.2, 0.25) is 5.02 Å². The number of nitrogens with zero attached hydrogens (tertiary/aromatic N) is 2. The SMILES string of the molecule is COC(=O)CCCc1nnc(NC(=O)NCc2ccc(Cl)cc2)s1. The number of aromatic nitrogens is 2. The van der Waals surface area contributed by atoms with Crippen molar-refractivity contribution < 1.29 is 14.3 Å². The van der Waals surface area contributed by atoms with Crippen LogP contribution >= 0.6 is 22.9 Å². The van der Waals surface area contributed by atoms with Crippen molar-refractivity contribution in [3.8, 4) is 0 Å². The predicted molar refractivity (Wildman–Crippen MR) is 92.2 cm³/mol. The fraction of sp³-hybridized carbons (Fsp3) is 0.333. The van der Waals surface area contributed by atoms with Crippen LogP contribution in [0.4, 0.5) is 9.93 Å². The second kappa shape index (κ2) is 9.19. The second-order valence-corrected chi connectivity index (χ2v) is 6.36. The quantitative estimate of drug-likeness (QED) is 0.733. The maximum atomic E-state index is 11.8. The molecule has 0 atom stereocenters. The predicted octanol–water partition coefficient (Wildman–Crippen LogP) is 3.01. The molecule has 0 bridgehead atoms. The van der Waals surface area contributed by atoms with Gasteiger partial charge < -0.3 is 10.1 Å². The molecule has 0 radical (unpaired) electrons. The number of halogens is 1. The molecule has 2 aromatic rings. The molecule has 0 aliphatic carbocycles. The standard InChI is InChI=1S/C15H17ClN4O3S/c1-23-13(21)4-2-3-12-19-20-15(24-12)18-14(22)17-9-10-5-7-11(16)8-6-10/h5-8H,2-4,9H2,1H3,(H2,17,18,20,22). The molecule has 0 fully saturated rings. The van der Waals surface area contributed by atoms with E-state index in [1.807, 2.05) is 12.1 Å². The first-order valence-electron chi connectivity index (χ1n) is 7.25. The molecule has 24 heavy (non-hydrogen) atoms. The molecule has 1 aromatic heterocycles. The van der Waals surface area contributed by atoms with Gasteiger partial charge in [0.25, 0.3) is 0 Å². The molecule has 0 unspecified atom stereocenters. The average Bonchev–Trinajstić information content (AvgIpc) is 3.01. The monoisotopic (exact) mass is 368 g/mol. The molecule has 2 rings (SSSR count). The van der Waals surface area contributed by atoms with Crippen LogP contribution in [0.15, 0.2) is 24.3 Å². The summed E-state index contributed by atoms with van der Waals surface area (Å²) in [7, 11) is 1.36. The van der Waals surface area contributed by atoms with Crippen LogP contribution in [0.25, 0.3) is 0 Å². The number of rotatable bonds is 7. The molecule has 0 saturated carbocycles. The third-order valence-electron chi connectivity index (χ3n) is 3.05. The topological polar surface area (TPSA) is 93.2 Å². The zero-order chi connectivity index (χ0) is 17.4. The molecule has 0 aliphatic heterocycles. The van der Waals surface area contributed by atoms with Crippen LogP contribution in [0.1, 0.15) is 23.4 Å². The fourth-order valence-electron chi connectivity index (χ4n) is 1.82. The molecule has 2 amide bonds. The lowest BCUT2D eigenvalue weighted by molar-refractivity contribution is -0.140. The van der Waals surface area contributed by atoms with E-state index in [0.29, 0.717) is 36.0 Å². The lowest BCUT2D eigenvalue weighted by Crippen LogP contribution is -2.28. The van der Waals surface area contributed by atoms with E-state index >= 15 is 0 Å². The molecule has 0 saturated heterocycles. The third-order valence-corrected chi connectivity index (χ3v) is 4.20. The molecule has 0 spiro atoms. The molecular weight excluding hydrogens is 352 g/mol. The van der Waals surface area contributed by atoms with Gasteiger partial charge in [-0.15, -0.1) is 10.2 Å². The first kappa shape index (κ1) is 18.2. The number of esters is 1.